The van der Waals surface area contributed by atoms with E-state index in [1.807, 2.05) is 0 Å². The van der Waals surface area contributed by atoms with Crippen LogP contribution in [0.4, 0.5) is 0 Å². The van der Waals surface area contributed by atoms with E-state index in [2.05, 4.69) is 0 Å². The van der Waals surface area contributed by atoms with Gasteiger partial charge < -0.3 is 13.8 Å². The topological polar surface area (TPSA) is 63.0 Å². The molecular weight excluding hydrogens is 99.1 g/mol. The molecule has 3 radical (unpaired) electrons. The molecule has 0 heterocycles. The van der Waals surface area contributed by atoms with E-state index in [1.54, 1.807) is 0 Å². The first-order valence-electron chi connectivity index (χ1n) is 0. The molecule has 0 fully saturated rings. The van der Waals surface area contributed by atoms with Gasteiger partial charge in [-0.2, -0.15) is 0 Å². The van der Waals surface area contributed by atoms with Crippen molar-refractivity contribution >= 4 is 55.1 Å². The maximum absolute atomic E-state index is 0. The molecule has 0 aliphatic rings. The van der Waals surface area contributed by atoms with E-state index in [4.69, 9.17) is 0 Å². The van der Waals surface area contributed by atoms with Crippen LogP contribution in [0.1, 0.15) is 2.85 Å². The Labute approximate surface area is 68.3 Å². The van der Waals surface area contributed by atoms with Crippen LogP contribution in [0.5, 0.6) is 0 Å². The van der Waals surface area contributed by atoms with Gasteiger partial charge in [-0.3, -0.25) is 0 Å². The summed E-state index contributed by atoms with van der Waals surface area (Å²) in [5, 5.41) is 0. The molecule has 0 amide bonds. The molecule has 2 nitrogen and oxygen atoms in total. The molecule has 0 aliphatic heterocycles. The van der Waals surface area contributed by atoms with Crippen LogP contribution in [0.15, 0.2) is 0 Å². The average Bonchev–Trinajstić information content (AvgIpc) is 0. The Morgan fingerprint density at radius 1 is 1.00 bits per heavy atom. The SMILES string of the molecule is O.O.[Al].[Ca+2].[H-].[H-]. The van der Waals surface area contributed by atoms with Crippen molar-refractivity contribution in [2.75, 3.05) is 0 Å². The van der Waals surface area contributed by atoms with Crippen LogP contribution in [-0.4, -0.2) is 66.1 Å². The summed E-state index contributed by atoms with van der Waals surface area (Å²) in [5.41, 5.74) is 0. The second-order valence-electron chi connectivity index (χ2n) is 0. The summed E-state index contributed by atoms with van der Waals surface area (Å²) in [6.07, 6.45) is 0. The van der Waals surface area contributed by atoms with Crippen molar-refractivity contribution in [3.8, 4) is 0 Å². The van der Waals surface area contributed by atoms with E-state index in [9.17, 15) is 0 Å². The average molecular weight is 105 g/mol. The minimum atomic E-state index is 0. The fraction of sp³-hybridized carbons (Fsp3) is 0. The summed E-state index contributed by atoms with van der Waals surface area (Å²) < 4.78 is 0. The molecule has 23 valence electrons. The van der Waals surface area contributed by atoms with E-state index < -0.39 is 0 Å². The van der Waals surface area contributed by atoms with Gasteiger partial charge in [-0.1, -0.05) is 0 Å². The van der Waals surface area contributed by atoms with Crippen molar-refractivity contribution in [2.24, 2.45) is 0 Å². The van der Waals surface area contributed by atoms with E-state index in [0.717, 1.165) is 0 Å². The van der Waals surface area contributed by atoms with Gasteiger partial charge in [0.05, 0.1) is 0 Å². The Hall–Kier alpha value is 1.71. The maximum Gasteiger partial charge on any atom is 2.00 e. The number of rotatable bonds is 0. The molecule has 0 bridgehead atoms. The maximum atomic E-state index is 0. The first-order chi connectivity index (χ1) is 0. The van der Waals surface area contributed by atoms with Gasteiger partial charge in [0.1, 0.15) is 0 Å². The first-order valence-corrected chi connectivity index (χ1v) is 0. The molecule has 0 saturated carbocycles. The summed E-state index contributed by atoms with van der Waals surface area (Å²) in [5.74, 6) is 0. The second-order valence-corrected chi connectivity index (χ2v) is 0. The monoisotopic (exact) mass is 105 g/mol. The molecule has 0 unspecified atom stereocenters. The van der Waals surface area contributed by atoms with Crippen molar-refractivity contribution in [2.45, 2.75) is 0 Å². The van der Waals surface area contributed by atoms with Gasteiger partial charge >= 0.3 is 37.7 Å². The van der Waals surface area contributed by atoms with Gasteiger partial charge in [-0.15, -0.1) is 0 Å². The molecule has 0 rings (SSSR count). The van der Waals surface area contributed by atoms with Crippen molar-refractivity contribution in [3.63, 3.8) is 0 Å². The minimum absolute atomic E-state index is 0. The predicted molar refractivity (Wildman–Crippen MR) is 21.0 cm³/mol. The van der Waals surface area contributed by atoms with E-state index >= 15 is 0 Å². The van der Waals surface area contributed by atoms with Crippen LogP contribution in [0, 0.1) is 0 Å². The molecule has 0 atom stereocenters. The molecule has 0 saturated heterocycles. The van der Waals surface area contributed by atoms with Gasteiger partial charge in [0, 0.05) is 17.4 Å². The number of hydrogen-bond donors (Lipinski definition) is 0. The zero-order valence-electron chi connectivity index (χ0n) is 4.28. The van der Waals surface area contributed by atoms with Crippen LogP contribution in [-0.2, 0) is 0 Å². The first kappa shape index (κ1) is 43.3. The Morgan fingerprint density at radius 2 is 1.00 bits per heavy atom. The standard InChI is InChI=1S/Al.Ca.2H2O.2H/h;;2*1H2;;/q;+2;;;2*-1. The van der Waals surface area contributed by atoms with Gasteiger partial charge in [-0.05, 0) is 0 Å². The van der Waals surface area contributed by atoms with Crippen LogP contribution in [0.25, 0.3) is 0 Å². The summed E-state index contributed by atoms with van der Waals surface area (Å²) in [6, 6.07) is 0. The fourth-order valence-corrected chi connectivity index (χ4v) is 0. The van der Waals surface area contributed by atoms with Gasteiger partial charge in [0.25, 0.3) is 0 Å². The Bertz CT molecular complexity index is 11.5. The smallest absolute Gasteiger partial charge is 1.00 e. The summed E-state index contributed by atoms with van der Waals surface area (Å²) in [6.45, 7) is 0. The molecule has 0 aromatic heterocycles. The van der Waals surface area contributed by atoms with E-state index in [-0.39, 0.29) is 68.9 Å². The Balaban J connectivity index is 0. The van der Waals surface area contributed by atoms with Crippen molar-refractivity contribution in [1.82, 2.24) is 0 Å². The van der Waals surface area contributed by atoms with Gasteiger partial charge in [0.15, 0.2) is 0 Å². The van der Waals surface area contributed by atoms with E-state index in [0.29, 0.717) is 0 Å². The normalized spacial score (nSPS) is 0. The Morgan fingerprint density at radius 3 is 1.00 bits per heavy atom. The zero-order valence-corrected chi connectivity index (χ0v) is 5.65. The third-order valence-corrected chi connectivity index (χ3v) is 0. The molecule has 4 N–H and O–H groups in total. The minimum Gasteiger partial charge on any atom is -1.00 e. The second kappa shape index (κ2) is 22.2. The summed E-state index contributed by atoms with van der Waals surface area (Å²) in [7, 11) is 0. The molecule has 0 spiro atoms. The molecule has 0 aromatic carbocycles. The summed E-state index contributed by atoms with van der Waals surface area (Å²) in [4.78, 5) is 0. The fourth-order valence-electron chi connectivity index (χ4n) is 0. The van der Waals surface area contributed by atoms with Crippen LogP contribution in [0.3, 0.4) is 0 Å². The van der Waals surface area contributed by atoms with Crippen LogP contribution < -0.4 is 0 Å². The molecule has 0 aliphatic carbocycles. The molecule has 4 heteroatoms. The quantitative estimate of drug-likeness (QED) is 0.314. The van der Waals surface area contributed by atoms with Crippen molar-refractivity contribution < 1.29 is 13.8 Å². The van der Waals surface area contributed by atoms with Crippen molar-refractivity contribution in [3.05, 3.63) is 0 Å². The summed E-state index contributed by atoms with van der Waals surface area (Å²) >= 11 is 0. The molecule has 4 heavy (non-hydrogen) atoms. The molecular formula is H6AlCaO2. The third-order valence-electron chi connectivity index (χ3n) is 0. The molecule has 0 aromatic rings. The van der Waals surface area contributed by atoms with Crippen LogP contribution in [0.2, 0.25) is 0 Å². The van der Waals surface area contributed by atoms with Gasteiger partial charge in [0.2, 0.25) is 0 Å². The third kappa shape index (κ3) is 9.31. The predicted octanol–water partition coefficient (Wildman–Crippen LogP) is -2.19. The van der Waals surface area contributed by atoms with E-state index in [1.165, 1.54) is 0 Å². The zero-order chi connectivity index (χ0) is 0. The number of hydrogen-bond acceptors (Lipinski definition) is 0. The van der Waals surface area contributed by atoms with Crippen molar-refractivity contribution in [1.29, 1.82) is 0 Å². The largest absolute Gasteiger partial charge is 2.00 e. The van der Waals surface area contributed by atoms with Gasteiger partial charge in [-0.25, -0.2) is 0 Å². The van der Waals surface area contributed by atoms with Crippen LogP contribution >= 0.6 is 0 Å². The Kier molecular flexibility index (Phi) is 240.